The van der Waals surface area contributed by atoms with Crippen molar-refractivity contribution < 1.29 is 0 Å². The Morgan fingerprint density at radius 3 is 2.62 bits per heavy atom. The van der Waals surface area contributed by atoms with Crippen LogP contribution in [0.2, 0.25) is 0 Å². The minimum absolute atomic E-state index is 0.543. The molecule has 0 bridgehead atoms. The standard InChI is InChI=1S/C23H24N6/c1-16-12-21(27-26-16)15-29-11-8-20(14-29)19-6-9-24-23(13-19)18-4-2-17(3-5-18)22-7-10-25-28-22/h2-7,9-10,12-13,20H,8,11,14-15H2,1H3,(H,25,28)(H,26,27)/t20-/m0/s1. The molecule has 0 aliphatic carbocycles. The van der Waals surface area contributed by atoms with Crippen molar-refractivity contribution in [2.24, 2.45) is 0 Å². The van der Waals surface area contributed by atoms with Crippen molar-refractivity contribution in [3.63, 3.8) is 0 Å². The van der Waals surface area contributed by atoms with Crippen LogP contribution in [0.25, 0.3) is 22.5 Å². The Labute approximate surface area is 170 Å². The van der Waals surface area contributed by atoms with Gasteiger partial charge in [0.2, 0.25) is 0 Å². The zero-order valence-corrected chi connectivity index (χ0v) is 16.5. The van der Waals surface area contributed by atoms with E-state index in [2.05, 4.69) is 72.7 Å². The van der Waals surface area contributed by atoms with Crippen molar-refractivity contribution >= 4 is 0 Å². The quantitative estimate of drug-likeness (QED) is 0.542. The number of hydrogen-bond acceptors (Lipinski definition) is 4. The van der Waals surface area contributed by atoms with Crippen molar-refractivity contribution in [1.82, 2.24) is 30.3 Å². The minimum Gasteiger partial charge on any atom is -0.297 e. The monoisotopic (exact) mass is 384 g/mol. The van der Waals surface area contributed by atoms with Gasteiger partial charge in [-0.05, 0) is 61.2 Å². The Morgan fingerprint density at radius 2 is 1.86 bits per heavy atom. The van der Waals surface area contributed by atoms with E-state index in [4.69, 9.17) is 0 Å². The third-order valence-corrected chi connectivity index (χ3v) is 5.66. The van der Waals surface area contributed by atoms with E-state index in [9.17, 15) is 0 Å². The van der Waals surface area contributed by atoms with Crippen LogP contribution in [-0.2, 0) is 6.54 Å². The number of likely N-dealkylation sites (tertiary alicyclic amines) is 1. The number of pyridine rings is 1. The number of benzene rings is 1. The lowest BCUT2D eigenvalue weighted by atomic mass is 9.97. The summed E-state index contributed by atoms with van der Waals surface area (Å²) in [5.74, 6) is 0.543. The van der Waals surface area contributed by atoms with Crippen molar-refractivity contribution in [2.75, 3.05) is 13.1 Å². The summed E-state index contributed by atoms with van der Waals surface area (Å²) in [6, 6.07) is 17.0. The maximum absolute atomic E-state index is 4.62. The molecule has 1 saturated heterocycles. The molecule has 1 aliphatic heterocycles. The highest BCUT2D eigenvalue weighted by atomic mass is 15.2. The summed E-state index contributed by atoms with van der Waals surface area (Å²) in [5.41, 5.74) is 7.92. The van der Waals surface area contributed by atoms with Crippen molar-refractivity contribution in [3.05, 3.63) is 77.9 Å². The molecule has 146 valence electrons. The van der Waals surface area contributed by atoms with Gasteiger partial charge < -0.3 is 0 Å². The van der Waals surface area contributed by atoms with Crippen LogP contribution in [0.1, 0.15) is 29.3 Å². The number of nitrogens with zero attached hydrogens (tertiary/aromatic N) is 4. The maximum Gasteiger partial charge on any atom is 0.0765 e. The molecular formula is C23H24N6. The molecule has 0 spiro atoms. The van der Waals surface area contributed by atoms with E-state index < -0.39 is 0 Å². The fourth-order valence-corrected chi connectivity index (χ4v) is 4.13. The average molecular weight is 384 g/mol. The largest absolute Gasteiger partial charge is 0.297 e. The van der Waals surface area contributed by atoms with E-state index in [1.165, 1.54) is 12.0 Å². The first-order valence-corrected chi connectivity index (χ1v) is 10.0. The second kappa shape index (κ2) is 7.64. The Hall–Kier alpha value is -3.25. The summed E-state index contributed by atoms with van der Waals surface area (Å²) in [6.45, 7) is 5.12. The molecule has 0 radical (unpaired) electrons. The van der Waals surface area contributed by atoms with E-state index in [0.717, 1.165) is 53.5 Å². The molecule has 1 aliphatic rings. The summed E-state index contributed by atoms with van der Waals surface area (Å²) in [7, 11) is 0. The van der Waals surface area contributed by atoms with Crippen LogP contribution in [0, 0.1) is 6.92 Å². The van der Waals surface area contributed by atoms with Gasteiger partial charge in [0.05, 0.1) is 17.1 Å². The third kappa shape index (κ3) is 3.84. The Balaban J connectivity index is 1.30. The molecule has 6 heteroatoms. The predicted molar refractivity (Wildman–Crippen MR) is 113 cm³/mol. The van der Waals surface area contributed by atoms with Crippen LogP contribution in [0.4, 0.5) is 0 Å². The molecule has 0 unspecified atom stereocenters. The lowest BCUT2D eigenvalue weighted by molar-refractivity contribution is 0.322. The summed E-state index contributed by atoms with van der Waals surface area (Å²) in [5, 5.41) is 14.4. The Bertz CT molecular complexity index is 1080. The van der Waals surface area contributed by atoms with Gasteiger partial charge in [0, 0.05) is 36.7 Å². The van der Waals surface area contributed by atoms with Gasteiger partial charge in [0.15, 0.2) is 0 Å². The van der Waals surface area contributed by atoms with Gasteiger partial charge in [-0.15, -0.1) is 0 Å². The molecule has 6 nitrogen and oxygen atoms in total. The molecule has 1 aromatic carbocycles. The second-order valence-corrected chi connectivity index (χ2v) is 7.79. The fraction of sp³-hybridized carbons (Fsp3) is 0.261. The highest BCUT2D eigenvalue weighted by Gasteiger charge is 2.24. The van der Waals surface area contributed by atoms with E-state index in [-0.39, 0.29) is 0 Å². The Kier molecular flexibility index (Phi) is 4.69. The average Bonchev–Trinajstić information content (AvgIpc) is 3.51. The van der Waals surface area contributed by atoms with Crippen LogP contribution in [-0.4, -0.2) is 43.4 Å². The van der Waals surface area contributed by atoms with E-state index in [1.807, 2.05) is 19.2 Å². The lowest BCUT2D eigenvalue weighted by Crippen LogP contribution is -2.20. The molecule has 29 heavy (non-hydrogen) atoms. The molecule has 5 rings (SSSR count). The van der Waals surface area contributed by atoms with Gasteiger partial charge in [-0.1, -0.05) is 24.3 Å². The van der Waals surface area contributed by atoms with Gasteiger partial charge >= 0.3 is 0 Å². The van der Waals surface area contributed by atoms with Crippen molar-refractivity contribution in [1.29, 1.82) is 0 Å². The molecule has 0 saturated carbocycles. The van der Waals surface area contributed by atoms with Crippen LogP contribution in [0.3, 0.4) is 0 Å². The second-order valence-electron chi connectivity index (χ2n) is 7.79. The van der Waals surface area contributed by atoms with Gasteiger partial charge in [0.25, 0.3) is 0 Å². The van der Waals surface area contributed by atoms with Crippen molar-refractivity contribution in [2.45, 2.75) is 25.8 Å². The first-order chi connectivity index (χ1) is 14.2. The van der Waals surface area contributed by atoms with Crippen molar-refractivity contribution in [3.8, 4) is 22.5 Å². The molecule has 1 fully saturated rings. The van der Waals surface area contributed by atoms with Gasteiger partial charge in [-0.3, -0.25) is 20.1 Å². The first kappa shape index (κ1) is 17.8. The van der Waals surface area contributed by atoms with E-state index in [1.54, 1.807) is 6.20 Å². The topological polar surface area (TPSA) is 73.5 Å². The molecule has 3 aromatic heterocycles. The minimum atomic E-state index is 0.543. The normalized spacial score (nSPS) is 17.1. The van der Waals surface area contributed by atoms with E-state index >= 15 is 0 Å². The summed E-state index contributed by atoms with van der Waals surface area (Å²) in [4.78, 5) is 7.10. The highest BCUT2D eigenvalue weighted by Crippen LogP contribution is 2.30. The van der Waals surface area contributed by atoms with Gasteiger partial charge in [-0.2, -0.15) is 10.2 Å². The number of hydrogen-bond donors (Lipinski definition) is 2. The lowest BCUT2D eigenvalue weighted by Gasteiger charge is -2.15. The zero-order chi connectivity index (χ0) is 19.6. The Morgan fingerprint density at radius 1 is 1.00 bits per heavy atom. The van der Waals surface area contributed by atoms with Crippen LogP contribution in [0.15, 0.2) is 60.9 Å². The van der Waals surface area contributed by atoms with Gasteiger partial charge in [-0.25, -0.2) is 0 Å². The summed E-state index contributed by atoms with van der Waals surface area (Å²) >= 11 is 0. The molecule has 2 N–H and O–H groups in total. The first-order valence-electron chi connectivity index (χ1n) is 10.0. The van der Waals surface area contributed by atoms with Gasteiger partial charge in [0.1, 0.15) is 0 Å². The maximum atomic E-state index is 4.62. The number of nitrogens with one attached hydrogen (secondary N) is 2. The third-order valence-electron chi connectivity index (χ3n) is 5.66. The van der Waals surface area contributed by atoms with Crippen LogP contribution in [0.5, 0.6) is 0 Å². The smallest absolute Gasteiger partial charge is 0.0765 e. The van der Waals surface area contributed by atoms with Crippen LogP contribution >= 0.6 is 0 Å². The van der Waals surface area contributed by atoms with Crippen LogP contribution < -0.4 is 0 Å². The summed E-state index contributed by atoms with van der Waals surface area (Å²) < 4.78 is 0. The number of H-pyrrole nitrogens is 2. The predicted octanol–water partition coefficient (Wildman–Crippen LogP) is 4.16. The van der Waals surface area contributed by atoms with E-state index in [0.29, 0.717) is 5.92 Å². The number of aromatic amines is 2. The number of aromatic nitrogens is 5. The number of rotatable bonds is 5. The zero-order valence-electron chi connectivity index (χ0n) is 16.5. The fourth-order valence-electron chi connectivity index (χ4n) is 4.13. The summed E-state index contributed by atoms with van der Waals surface area (Å²) in [6.07, 6.45) is 4.88. The molecular weight excluding hydrogens is 360 g/mol. The molecule has 4 heterocycles. The highest BCUT2D eigenvalue weighted by molar-refractivity contribution is 5.66. The SMILES string of the molecule is Cc1cc(CN2CC[C@H](c3ccnc(-c4ccc(-c5ccn[nH]5)cc4)c3)C2)n[nH]1. The molecule has 0 amide bonds. The number of aryl methyl sites for hydroxylation is 1. The molecule has 1 atom stereocenters. The molecule has 4 aromatic rings.